The summed E-state index contributed by atoms with van der Waals surface area (Å²) in [5.41, 5.74) is -1.23. The highest BCUT2D eigenvalue weighted by atomic mass is 19.4. The highest BCUT2D eigenvalue weighted by Crippen LogP contribution is 2.31. The Labute approximate surface area is 173 Å². The number of nitrogens with zero attached hydrogens (tertiary/aromatic N) is 2. The monoisotopic (exact) mass is 443 g/mol. The number of rotatable bonds is 5. The number of alkyl halides is 4. The van der Waals surface area contributed by atoms with Gasteiger partial charge in [-0.05, 0) is 29.8 Å². The molecule has 2 aromatic rings. The van der Waals surface area contributed by atoms with E-state index in [1.54, 1.807) is 0 Å². The van der Waals surface area contributed by atoms with E-state index in [0.29, 0.717) is 6.07 Å². The second kappa shape index (κ2) is 8.76. The molecule has 1 aliphatic heterocycles. The predicted octanol–water partition coefficient (Wildman–Crippen LogP) is 2.82. The molecule has 31 heavy (non-hydrogen) atoms. The van der Waals surface area contributed by atoms with Crippen LogP contribution in [0.15, 0.2) is 36.4 Å². The summed E-state index contributed by atoms with van der Waals surface area (Å²) in [6, 6.07) is 7.28. The van der Waals surface area contributed by atoms with Gasteiger partial charge in [0.1, 0.15) is 23.7 Å². The molecule has 1 aliphatic rings. The number of carboxylic acid groups (broad SMARTS) is 1. The zero-order chi connectivity index (χ0) is 22.8. The fourth-order valence-electron chi connectivity index (χ4n) is 2.95. The van der Waals surface area contributed by atoms with Gasteiger partial charge in [-0.15, -0.1) is 0 Å². The Morgan fingerprint density at radius 1 is 1.23 bits per heavy atom. The number of nitrogens with one attached hydrogen (secondary N) is 1. The van der Waals surface area contributed by atoms with Crippen molar-refractivity contribution in [2.45, 2.75) is 25.0 Å². The maximum absolute atomic E-state index is 13.5. The molecule has 3 N–H and O–H groups in total. The van der Waals surface area contributed by atoms with Crippen molar-refractivity contribution >= 4 is 12.0 Å². The second-order valence-electron chi connectivity index (χ2n) is 6.78. The first-order valence-electron chi connectivity index (χ1n) is 8.97. The summed E-state index contributed by atoms with van der Waals surface area (Å²) in [7, 11) is 0. The van der Waals surface area contributed by atoms with E-state index in [9.17, 15) is 32.3 Å². The molecule has 3 rings (SSSR count). The second-order valence-corrected chi connectivity index (χ2v) is 6.78. The first-order chi connectivity index (χ1) is 14.5. The van der Waals surface area contributed by atoms with Crippen LogP contribution in [-0.2, 0) is 12.7 Å². The Kier molecular flexibility index (Phi) is 6.29. The number of aliphatic hydroxyl groups excluding tert-OH is 1. The maximum Gasteiger partial charge on any atom is 0.433 e. The van der Waals surface area contributed by atoms with E-state index in [2.05, 4.69) is 4.98 Å². The summed E-state index contributed by atoms with van der Waals surface area (Å²) in [4.78, 5) is 27.6. The van der Waals surface area contributed by atoms with Gasteiger partial charge in [0.05, 0.1) is 6.54 Å². The molecule has 0 aliphatic carbocycles. The number of aromatic nitrogens is 1. The van der Waals surface area contributed by atoms with Crippen LogP contribution in [0.5, 0.6) is 11.6 Å². The summed E-state index contributed by atoms with van der Waals surface area (Å²) in [5, 5.41) is 20.1. The van der Waals surface area contributed by atoms with Crippen LogP contribution in [0.4, 0.5) is 22.4 Å². The van der Waals surface area contributed by atoms with Crippen molar-refractivity contribution in [2.24, 2.45) is 0 Å². The minimum absolute atomic E-state index is 0.00800. The van der Waals surface area contributed by atoms with Gasteiger partial charge in [-0.1, -0.05) is 6.07 Å². The predicted molar refractivity (Wildman–Crippen MR) is 97.4 cm³/mol. The molecule has 12 heteroatoms. The van der Waals surface area contributed by atoms with E-state index in [1.807, 2.05) is 5.32 Å². The fraction of sp³-hybridized carbons (Fsp3) is 0.316. The molecule has 0 bridgehead atoms. The number of hydrogen-bond donors (Lipinski definition) is 3. The molecule has 2 unspecified atom stereocenters. The van der Waals surface area contributed by atoms with Crippen molar-refractivity contribution in [3.05, 3.63) is 53.2 Å². The van der Waals surface area contributed by atoms with Crippen molar-refractivity contribution < 1.29 is 42.1 Å². The van der Waals surface area contributed by atoms with Crippen molar-refractivity contribution in [1.29, 1.82) is 0 Å². The van der Waals surface area contributed by atoms with E-state index in [4.69, 9.17) is 9.84 Å². The number of ether oxygens (including phenoxy) is 1. The van der Waals surface area contributed by atoms with E-state index < -0.39 is 48.6 Å². The largest absolute Gasteiger partial charge is 0.465 e. The number of hydrogen-bond acceptors (Lipinski definition) is 5. The van der Waals surface area contributed by atoms with Gasteiger partial charge in [0.15, 0.2) is 0 Å². The molecule has 1 aromatic heterocycles. The number of halogens is 4. The van der Waals surface area contributed by atoms with Crippen LogP contribution in [0.2, 0.25) is 0 Å². The number of aliphatic hydroxyl groups is 1. The molecule has 2 heterocycles. The lowest BCUT2D eigenvalue weighted by molar-refractivity contribution is -0.141. The standard InChI is InChI=1S/C19H17F4N3O5/c20-13-8-26(9-14(13)27)17(28)11-2-1-3-12(6-11)31-16-5-10(7-24-18(29)30)4-15(25-16)19(21,22)23/h1-6,13-14,24,27H,7-9H2,(H,29,30). The highest BCUT2D eigenvalue weighted by molar-refractivity contribution is 5.94. The normalized spacial score (nSPS) is 18.7. The molecule has 1 fully saturated rings. The smallest absolute Gasteiger partial charge is 0.433 e. The average Bonchev–Trinajstić information content (AvgIpc) is 3.03. The van der Waals surface area contributed by atoms with Crippen molar-refractivity contribution in [3.63, 3.8) is 0 Å². The van der Waals surface area contributed by atoms with Gasteiger partial charge in [0.2, 0.25) is 5.88 Å². The number of carbonyl (C=O) groups is 2. The topological polar surface area (TPSA) is 112 Å². The lowest BCUT2D eigenvalue weighted by Gasteiger charge is -2.16. The van der Waals surface area contributed by atoms with Crippen LogP contribution in [0, 0.1) is 0 Å². The summed E-state index contributed by atoms with van der Waals surface area (Å²) in [5.74, 6) is -1.04. The molecule has 0 spiro atoms. The van der Waals surface area contributed by atoms with Crippen LogP contribution in [0.25, 0.3) is 0 Å². The van der Waals surface area contributed by atoms with Gasteiger partial charge < -0.3 is 25.2 Å². The lowest BCUT2D eigenvalue weighted by atomic mass is 10.2. The zero-order valence-electron chi connectivity index (χ0n) is 15.8. The molecule has 1 saturated heterocycles. The van der Waals surface area contributed by atoms with Crippen LogP contribution < -0.4 is 10.1 Å². The van der Waals surface area contributed by atoms with Gasteiger partial charge in [0, 0.05) is 24.7 Å². The maximum atomic E-state index is 13.5. The third-order valence-corrected chi connectivity index (χ3v) is 4.41. The molecule has 0 saturated carbocycles. The van der Waals surface area contributed by atoms with Gasteiger partial charge in [0.25, 0.3) is 5.91 Å². The Morgan fingerprint density at radius 3 is 2.58 bits per heavy atom. The van der Waals surface area contributed by atoms with E-state index >= 15 is 0 Å². The minimum Gasteiger partial charge on any atom is -0.465 e. The molecule has 2 atom stereocenters. The van der Waals surface area contributed by atoms with E-state index in [0.717, 1.165) is 11.0 Å². The number of β-amino-alcohol motifs (C(OH)–C–C–N with tert-alkyl or cyclic N) is 1. The molecule has 1 aromatic carbocycles. The number of likely N-dealkylation sites (tertiary alicyclic amines) is 1. The molecule has 166 valence electrons. The molecule has 8 nitrogen and oxygen atoms in total. The van der Waals surface area contributed by atoms with Crippen molar-refractivity contribution in [2.75, 3.05) is 13.1 Å². The van der Waals surface area contributed by atoms with Gasteiger partial charge in [-0.2, -0.15) is 13.2 Å². The summed E-state index contributed by atoms with van der Waals surface area (Å²) < 4.78 is 58.3. The van der Waals surface area contributed by atoms with Crippen LogP contribution in [0.3, 0.4) is 0 Å². The molecule has 2 amide bonds. The molecular weight excluding hydrogens is 426 g/mol. The fourth-order valence-corrected chi connectivity index (χ4v) is 2.95. The molecule has 0 radical (unpaired) electrons. The van der Waals surface area contributed by atoms with Gasteiger partial charge in [-0.3, -0.25) is 4.79 Å². The van der Waals surface area contributed by atoms with E-state index in [-0.39, 0.29) is 30.0 Å². The lowest BCUT2D eigenvalue weighted by Crippen LogP contribution is -2.29. The average molecular weight is 443 g/mol. The van der Waals surface area contributed by atoms with Crippen molar-refractivity contribution in [3.8, 4) is 11.6 Å². The molecular formula is C19H17F4N3O5. The number of pyridine rings is 1. The highest BCUT2D eigenvalue weighted by Gasteiger charge is 2.35. The SMILES string of the molecule is O=C(O)NCc1cc(Oc2cccc(C(=O)N3CC(O)C(F)C3)c2)nc(C(F)(F)F)c1. The summed E-state index contributed by atoms with van der Waals surface area (Å²) in [6.45, 7) is -0.863. The summed E-state index contributed by atoms with van der Waals surface area (Å²) >= 11 is 0. The Morgan fingerprint density at radius 2 is 1.97 bits per heavy atom. The number of amides is 2. The quantitative estimate of drug-likeness (QED) is 0.613. The van der Waals surface area contributed by atoms with Crippen LogP contribution in [-0.4, -0.2) is 57.5 Å². The third-order valence-electron chi connectivity index (χ3n) is 4.41. The Hall–Kier alpha value is -3.41. The first-order valence-corrected chi connectivity index (χ1v) is 8.97. The Balaban J connectivity index is 1.83. The zero-order valence-corrected chi connectivity index (χ0v) is 15.8. The third kappa shape index (κ3) is 5.60. The van der Waals surface area contributed by atoms with E-state index in [1.165, 1.54) is 24.3 Å². The van der Waals surface area contributed by atoms with Gasteiger partial charge in [-0.25, -0.2) is 14.2 Å². The van der Waals surface area contributed by atoms with Gasteiger partial charge >= 0.3 is 12.3 Å². The first kappa shape index (κ1) is 22.3. The number of benzene rings is 1. The van der Waals surface area contributed by atoms with Crippen LogP contribution in [0.1, 0.15) is 21.6 Å². The van der Waals surface area contributed by atoms with Crippen LogP contribution >= 0.6 is 0 Å². The Bertz CT molecular complexity index is 975. The van der Waals surface area contributed by atoms with Crippen molar-refractivity contribution in [1.82, 2.24) is 15.2 Å². The minimum atomic E-state index is -4.80. The summed E-state index contributed by atoms with van der Waals surface area (Å²) in [6.07, 6.45) is -9.05. The number of carbonyl (C=O) groups excluding carboxylic acids is 1.